The number of phosphoric ester groups is 1. The third kappa shape index (κ3) is 40.2. The van der Waals surface area contributed by atoms with Crippen molar-refractivity contribution in [2.24, 2.45) is 0 Å². The minimum Gasteiger partial charge on any atom is -0.462 e. The lowest BCUT2D eigenvalue weighted by Crippen LogP contribution is -2.29. The highest BCUT2D eigenvalue weighted by Gasteiger charge is 2.27. The van der Waals surface area contributed by atoms with Gasteiger partial charge in [0.25, 0.3) is 0 Å². The molecule has 0 aliphatic carbocycles. The van der Waals surface area contributed by atoms with Gasteiger partial charge in [-0.15, -0.1) is 0 Å². The fourth-order valence-corrected chi connectivity index (χ4v) is 6.63. The lowest BCUT2D eigenvalue weighted by molar-refractivity contribution is -0.161. The quantitative estimate of drug-likeness (QED) is 0.0236. The van der Waals surface area contributed by atoms with Crippen LogP contribution in [0.2, 0.25) is 0 Å². The van der Waals surface area contributed by atoms with Gasteiger partial charge in [0.05, 0.1) is 19.8 Å². The number of rotatable bonds is 41. The SMILES string of the molecule is CCCCCC/C=C\C/C=C\CCCCCCCC(=O)OC(COC(=O)CCCCCCC/C=C\CCCCCCCCC)COP(=O)(O)OCC(O)CO. The van der Waals surface area contributed by atoms with E-state index in [1.54, 1.807) is 0 Å². The number of hydrogen-bond acceptors (Lipinski definition) is 9. The van der Waals surface area contributed by atoms with Gasteiger partial charge in [-0.3, -0.25) is 18.6 Å². The molecule has 3 N–H and O–H groups in total. The van der Waals surface area contributed by atoms with Gasteiger partial charge in [-0.1, -0.05) is 147 Å². The molecule has 0 aromatic heterocycles. The summed E-state index contributed by atoms with van der Waals surface area (Å²) in [5.41, 5.74) is 0. The molecule has 0 aromatic rings. The van der Waals surface area contributed by atoms with Gasteiger partial charge in [-0.2, -0.15) is 0 Å². The van der Waals surface area contributed by atoms with Crippen LogP contribution in [0, 0.1) is 0 Å². The summed E-state index contributed by atoms with van der Waals surface area (Å²) in [4.78, 5) is 35.0. The van der Waals surface area contributed by atoms with Gasteiger partial charge in [-0.05, 0) is 70.6 Å². The monoisotopic (exact) mass is 801 g/mol. The molecule has 0 aliphatic heterocycles. The van der Waals surface area contributed by atoms with Crippen molar-refractivity contribution in [1.29, 1.82) is 0 Å². The Labute approximate surface area is 335 Å². The van der Waals surface area contributed by atoms with Crippen LogP contribution >= 0.6 is 7.82 Å². The van der Waals surface area contributed by atoms with Crippen molar-refractivity contribution in [2.75, 3.05) is 26.4 Å². The summed E-state index contributed by atoms with van der Waals surface area (Å²) in [6.07, 6.45) is 41.0. The topological polar surface area (TPSA) is 149 Å². The third-order valence-corrected chi connectivity index (χ3v) is 10.2. The summed E-state index contributed by atoms with van der Waals surface area (Å²) in [5, 5.41) is 18.3. The molecule has 0 heterocycles. The van der Waals surface area contributed by atoms with Crippen molar-refractivity contribution in [3.05, 3.63) is 36.5 Å². The molecule has 0 amide bonds. The maximum absolute atomic E-state index is 12.6. The predicted molar refractivity (Wildman–Crippen MR) is 224 cm³/mol. The van der Waals surface area contributed by atoms with Crippen LogP contribution in [0.4, 0.5) is 0 Å². The molecule has 10 nitrogen and oxygen atoms in total. The van der Waals surface area contributed by atoms with Crippen LogP contribution in [-0.2, 0) is 32.7 Å². The molecule has 0 spiro atoms. The number of aliphatic hydroxyl groups excluding tert-OH is 2. The molecule has 0 aromatic carbocycles. The predicted octanol–water partition coefficient (Wildman–Crippen LogP) is 11.6. The number of carbonyl (C=O) groups is 2. The third-order valence-electron chi connectivity index (χ3n) is 9.27. The largest absolute Gasteiger partial charge is 0.472 e. The average Bonchev–Trinajstić information content (AvgIpc) is 3.17. The molecule has 0 saturated heterocycles. The summed E-state index contributed by atoms with van der Waals surface area (Å²) in [5.74, 6) is -0.948. The highest BCUT2D eigenvalue weighted by molar-refractivity contribution is 7.47. The zero-order valence-electron chi connectivity index (χ0n) is 34.9. The number of unbranched alkanes of at least 4 members (excludes halogenated alkanes) is 21. The van der Waals surface area contributed by atoms with E-state index < -0.39 is 51.8 Å². The number of phosphoric acid groups is 1. The molecule has 3 atom stereocenters. The van der Waals surface area contributed by atoms with E-state index in [1.165, 1.54) is 83.5 Å². The second-order valence-electron chi connectivity index (χ2n) is 14.7. The van der Waals surface area contributed by atoms with Crippen LogP contribution in [0.5, 0.6) is 0 Å². The number of aliphatic hydroxyl groups is 2. The standard InChI is InChI=1S/C44H81O10P/c1-3-5-7-9-11-13-15-17-19-21-23-25-27-29-31-33-35-43(47)51-39-42(40-53-55(49,50)52-38-41(46)37-45)54-44(48)36-34-32-30-28-26-24-22-20-18-16-14-12-10-8-6-4-2/h14,16,19-22,41-42,45-46H,3-13,15,17-18,23-40H2,1-2H3,(H,49,50)/b16-14-,21-19-,22-20-. The van der Waals surface area contributed by atoms with Crippen molar-refractivity contribution in [2.45, 2.75) is 206 Å². The zero-order chi connectivity index (χ0) is 40.5. The van der Waals surface area contributed by atoms with E-state index in [9.17, 15) is 24.2 Å². The molecule has 0 saturated carbocycles. The molecule has 11 heteroatoms. The Kier molecular flexibility index (Phi) is 39.1. The minimum absolute atomic E-state index is 0.167. The van der Waals surface area contributed by atoms with Crippen LogP contribution in [0.3, 0.4) is 0 Å². The lowest BCUT2D eigenvalue weighted by atomic mass is 10.1. The Morgan fingerprint density at radius 3 is 1.44 bits per heavy atom. The molecule has 0 rings (SSSR count). The normalized spacial score (nSPS) is 14.2. The fraction of sp³-hybridized carbons (Fsp3) is 0.818. The summed E-state index contributed by atoms with van der Waals surface area (Å²) in [7, 11) is -4.62. The second kappa shape index (κ2) is 40.4. The number of carbonyl (C=O) groups excluding carboxylic acids is 2. The van der Waals surface area contributed by atoms with E-state index in [-0.39, 0.29) is 19.4 Å². The number of allylic oxidation sites excluding steroid dienone is 6. The Morgan fingerprint density at radius 1 is 0.545 bits per heavy atom. The van der Waals surface area contributed by atoms with E-state index in [0.717, 1.165) is 70.6 Å². The maximum atomic E-state index is 12.6. The van der Waals surface area contributed by atoms with Crippen LogP contribution in [-0.4, -0.2) is 65.7 Å². The molecular weight excluding hydrogens is 719 g/mol. The first-order valence-corrected chi connectivity index (χ1v) is 23.4. The van der Waals surface area contributed by atoms with Gasteiger partial charge in [0.2, 0.25) is 0 Å². The zero-order valence-corrected chi connectivity index (χ0v) is 35.8. The maximum Gasteiger partial charge on any atom is 0.472 e. The van der Waals surface area contributed by atoms with Crippen molar-refractivity contribution in [3.63, 3.8) is 0 Å². The fourth-order valence-electron chi connectivity index (χ4n) is 5.84. The van der Waals surface area contributed by atoms with Gasteiger partial charge in [-0.25, -0.2) is 4.57 Å². The molecule has 3 unspecified atom stereocenters. The Balaban J connectivity index is 4.33. The Hall–Kier alpha value is -1.81. The number of hydrogen-bond donors (Lipinski definition) is 3. The molecular formula is C44H81O10P. The summed E-state index contributed by atoms with van der Waals surface area (Å²) < 4.78 is 32.7. The molecule has 0 bridgehead atoms. The van der Waals surface area contributed by atoms with Gasteiger partial charge < -0.3 is 24.6 Å². The Bertz CT molecular complexity index is 1010. The number of ether oxygens (including phenoxy) is 2. The van der Waals surface area contributed by atoms with Crippen molar-refractivity contribution >= 4 is 19.8 Å². The van der Waals surface area contributed by atoms with Crippen molar-refractivity contribution < 1.29 is 47.8 Å². The second-order valence-corrected chi connectivity index (χ2v) is 16.2. The smallest absolute Gasteiger partial charge is 0.462 e. The van der Waals surface area contributed by atoms with E-state index in [1.807, 2.05) is 0 Å². The average molecular weight is 801 g/mol. The van der Waals surface area contributed by atoms with E-state index >= 15 is 0 Å². The van der Waals surface area contributed by atoms with Crippen LogP contribution < -0.4 is 0 Å². The highest BCUT2D eigenvalue weighted by atomic mass is 31.2. The first kappa shape index (κ1) is 53.2. The summed E-state index contributed by atoms with van der Waals surface area (Å²) in [6.45, 7) is 2.34. The first-order chi connectivity index (χ1) is 26.7. The van der Waals surface area contributed by atoms with Gasteiger partial charge in [0.15, 0.2) is 6.10 Å². The van der Waals surface area contributed by atoms with E-state index in [2.05, 4.69) is 54.8 Å². The van der Waals surface area contributed by atoms with Gasteiger partial charge in [0.1, 0.15) is 12.7 Å². The Morgan fingerprint density at radius 2 is 0.945 bits per heavy atom. The molecule has 0 fully saturated rings. The van der Waals surface area contributed by atoms with Crippen LogP contribution in [0.25, 0.3) is 0 Å². The number of esters is 2. The van der Waals surface area contributed by atoms with Gasteiger partial charge >= 0.3 is 19.8 Å². The van der Waals surface area contributed by atoms with Crippen molar-refractivity contribution in [3.8, 4) is 0 Å². The van der Waals surface area contributed by atoms with E-state index in [0.29, 0.717) is 12.8 Å². The summed E-state index contributed by atoms with van der Waals surface area (Å²) >= 11 is 0. The van der Waals surface area contributed by atoms with E-state index in [4.69, 9.17) is 19.1 Å². The first-order valence-electron chi connectivity index (χ1n) is 21.9. The molecule has 0 radical (unpaired) electrons. The molecule has 322 valence electrons. The van der Waals surface area contributed by atoms with Crippen molar-refractivity contribution in [1.82, 2.24) is 0 Å². The minimum atomic E-state index is -4.62. The highest BCUT2D eigenvalue weighted by Crippen LogP contribution is 2.43. The molecule has 0 aliphatic rings. The van der Waals surface area contributed by atoms with Crippen LogP contribution in [0.15, 0.2) is 36.5 Å². The lowest BCUT2D eigenvalue weighted by Gasteiger charge is -2.20. The van der Waals surface area contributed by atoms with Gasteiger partial charge in [0, 0.05) is 12.8 Å². The summed E-state index contributed by atoms with van der Waals surface area (Å²) in [6, 6.07) is 0. The molecule has 55 heavy (non-hydrogen) atoms. The van der Waals surface area contributed by atoms with Crippen LogP contribution in [0.1, 0.15) is 194 Å².